The highest BCUT2D eigenvalue weighted by Gasteiger charge is 2.31. The van der Waals surface area contributed by atoms with Gasteiger partial charge in [0.15, 0.2) is 0 Å². The second kappa shape index (κ2) is 15.0. The molecule has 0 spiro atoms. The number of likely N-dealkylation sites (N-methyl/N-ethyl adjacent to an activating group) is 1. The van der Waals surface area contributed by atoms with E-state index >= 15 is 0 Å². The number of urea groups is 1. The highest BCUT2D eigenvalue weighted by Crippen LogP contribution is 2.30. The second-order valence-corrected chi connectivity index (χ2v) is 12.1. The molecule has 4 aromatic carbocycles. The molecule has 0 fully saturated rings. The number of anilines is 2. The van der Waals surface area contributed by atoms with E-state index in [0.29, 0.717) is 35.8 Å². The van der Waals surface area contributed by atoms with Crippen LogP contribution >= 0.6 is 0 Å². The number of carbonyl (C=O) groups excluding carboxylic acids is 2. The zero-order chi connectivity index (χ0) is 32.6. The number of amides is 3. The van der Waals surface area contributed by atoms with Crippen LogP contribution in [-0.2, 0) is 17.8 Å². The zero-order valence-electron chi connectivity index (χ0n) is 26.4. The molecule has 0 aliphatic carbocycles. The van der Waals surface area contributed by atoms with Crippen LogP contribution in [0.5, 0.6) is 5.75 Å². The van der Waals surface area contributed by atoms with Gasteiger partial charge in [0.25, 0.3) is 0 Å². The summed E-state index contributed by atoms with van der Waals surface area (Å²) in [5.74, 6) is 0.0210. The highest BCUT2D eigenvalue weighted by molar-refractivity contribution is 6.00. The van der Waals surface area contributed by atoms with Crippen LogP contribution in [-0.4, -0.2) is 65.7 Å². The molecule has 3 N–H and O–H groups in total. The molecule has 0 saturated heterocycles. The minimum absolute atomic E-state index is 0.0360. The molecule has 0 unspecified atom stereocenters. The summed E-state index contributed by atoms with van der Waals surface area (Å²) >= 11 is 0. The van der Waals surface area contributed by atoms with Crippen molar-refractivity contribution in [3.63, 3.8) is 0 Å². The van der Waals surface area contributed by atoms with E-state index in [-0.39, 0.29) is 37.0 Å². The number of nitrogens with one attached hydrogen (secondary N) is 2. The number of halogens is 1. The number of hydrogen-bond acceptors (Lipinski definition) is 5. The molecule has 0 radical (unpaired) electrons. The summed E-state index contributed by atoms with van der Waals surface area (Å²) < 4.78 is 19.9. The summed E-state index contributed by atoms with van der Waals surface area (Å²) in [4.78, 5) is 30.1. The van der Waals surface area contributed by atoms with Crippen LogP contribution in [0.2, 0.25) is 0 Å². The summed E-state index contributed by atoms with van der Waals surface area (Å²) in [6, 6.07) is 28.7. The average molecular weight is 625 g/mol. The molecule has 46 heavy (non-hydrogen) atoms. The molecule has 3 atom stereocenters. The molecule has 1 aliphatic heterocycles. The van der Waals surface area contributed by atoms with Gasteiger partial charge in [0.2, 0.25) is 5.91 Å². The van der Waals surface area contributed by atoms with E-state index in [2.05, 4.69) is 65.9 Å². The molecule has 8 nitrogen and oxygen atoms in total. The summed E-state index contributed by atoms with van der Waals surface area (Å²) in [6.07, 6.45) is -0.204. The van der Waals surface area contributed by atoms with E-state index in [1.807, 2.05) is 25.1 Å². The van der Waals surface area contributed by atoms with Crippen molar-refractivity contribution in [1.82, 2.24) is 9.80 Å². The van der Waals surface area contributed by atoms with Gasteiger partial charge >= 0.3 is 6.03 Å². The fourth-order valence-electron chi connectivity index (χ4n) is 5.67. The second-order valence-electron chi connectivity index (χ2n) is 12.1. The monoisotopic (exact) mass is 624 g/mol. The smallest absolute Gasteiger partial charge is 0.323 e. The van der Waals surface area contributed by atoms with Gasteiger partial charge in [-0.25, -0.2) is 9.18 Å². The number of aliphatic hydroxyl groups is 1. The van der Waals surface area contributed by atoms with Crippen molar-refractivity contribution < 1.29 is 23.8 Å². The summed E-state index contributed by atoms with van der Waals surface area (Å²) in [5.41, 5.74) is 5.09. The van der Waals surface area contributed by atoms with Crippen molar-refractivity contribution in [3.05, 3.63) is 114 Å². The minimum Gasteiger partial charge on any atom is -0.488 e. The number of ether oxygens (including phenoxy) is 1. The first kappa shape index (κ1) is 32.7. The lowest BCUT2D eigenvalue weighted by Gasteiger charge is -2.34. The summed E-state index contributed by atoms with van der Waals surface area (Å²) in [5, 5.41) is 15.4. The van der Waals surface area contributed by atoms with E-state index in [4.69, 9.17) is 4.74 Å². The van der Waals surface area contributed by atoms with Crippen molar-refractivity contribution in [2.45, 2.75) is 39.0 Å². The number of hydrogen-bond donors (Lipinski definition) is 3. The number of nitrogens with zero attached hydrogens (tertiary/aromatic N) is 2. The molecule has 1 heterocycles. The lowest BCUT2D eigenvalue weighted by molar-refractivity contribution is -0.134. The van der Waals surface area contributed by atoms with E-state index < -0.39 is 11.8 Å². The van der Waals surface area contributed by atoms with Crippen LogP contribution in [0.25, 0.3) is 11.1 Å². The van der Waals surface area contributed by atoms with Gasteiger partial charge in [-0.3, -0.25) is 9.69 Å². The Labute approximate surface area is 269 Å². The van der Waals surface area contributed by atoms with Crippen molar-refractivity contribution in [1.29, 1.82) is 0 Å². The minimum atomic E-state index is -0.498. The Balaban J connectivity index is 1.32. The molecule has 1 aliphatic rings. The fraction of sp³-hybridized carbons (Fsp3) is 0.297. The predicted molar refractivity (Wildman–Crippen MR) is 179 cm³/mol. The molecule has 0 bridgehead atoms. The van der Waals surface area contributed by atoms with Gasteiger partial charge in [-0.15, -0.1) is 0 Å². The SMILES string of the molecule is C[C@@H]1CN([C@H](C)CO)C(=O)Cc2cc(NC(=O)Nc3ccc(F)cc3)ccc2O[C@H]1CN(C)Cc1ccc(-c2ccccc2)cc1. The molecule has 4 aromatic rings. The largest absolute Gasteiger partial charge is 0.488 e. The number of carbonyl (C=O) groups is 2. The Morgan fingerprint density at radius 3 is 2.33 bits per heavy atom. The molecular weight excluding hydrogens is 583 g/mol. The maximum Gasteiger partial charge on any atom is 0.323 e. The first-order valence-corrected chi connectivity index (χ1v) is 15.5. The van der Waals surface area contributed by atoms with Crippen molar-refractivity contribution in [2.75, 3.05) is 37.4 Å². The van der Waals surface area contributed by atoms with Crippen molar-refractivity contribution in [2.24, 2.45) is 5.92 Å². The maximum absolute atomic E-state index is 13.5. The first-order valence-electron chi connectivity index (χ1n) is 15.5. The third kappa shape index (κ3) is 8.50. The number of fused-ring (bicyclic) bond motifs is 1. The zero-order valence-corrected chi connectivity index (χ0v) is 26.4. The number of aliphatic hydroxyl groups excluding tert-OH is 1. The summed E-state index contributed by atoms with van der Waals surface area (Å²) in [7, 11) is 2.06. The average Bonchev–Trinajstić information content (AvgIpc) is 3.09. The van der Waals surface area contributed by atoms with Crippen molar-refractivity contribution >= 4 is 23.3 Å². The van der Waals surface area contributed by atoms with Gasteiger partial charge in [0.1, 0.15) is 17.7 Å². The van der Waals surface area contributed by atoms with Gasteiger partial charge in [-0.05, 0) is 73.1 Å². The Hall–Kier alpha value is -4.73. The molecular formula is C37H41FN4O4. The standard InChI is InChI=1S/C37H41FN4O4/c1-25-21-42(26(2)24-43)36(44)20-30-19-33(40-37(45)39-32-15-13-31(38)14-16-32)17-18-34(30)46-35(25)23-41(3)22-27-9-11-29(12-10-27)28-7-5-4-6-8-28/h4-19,25-26,35,43H,20-24H2,1-3H3,(H2,39,40,45)/t25-,26-,35+/m1/s1. The van der Waals surface area contributed by atoms with Crippen molar-refractivity contribution in [3.8, 4) is 16.9 Å². The maximum atomic E-state index is 13.5. The third-order valence-corrected chi connectivity index (χ3v) is 8.28. The van der Waals surface area contributed by atoms with Gasteiger partial charge in [-0.1, -0.05) is 61.5 Å². The van der Waals surface area contributed by atoms with E-state index in [1.54, 1.807) is 23.1 Å². The first-order chi connectivity index (χ1) is 22.2. The molecule has 240 valence electrons. The van der Waals surface area contributed by atoms with Crippen LogP contribution in [0.15, 0.2) is 97.1 Å². The Bertz CT molecular complexity index is 1620. The van der Waals surface area contributed by atoms with Crippen LogP contribution in [0.1, 0.15) is 25.0 Å². The van der Waals surface area contributed by atoms with Gasteiger partial charge < -0.3 is 25.4 Å². The Morgan fingerprint density at radius 2 is 1.63 bits per heavy atom. The van der Waals surface area contributed by atoms with E-state index in [1.165, 1.54) is 41.0 Å². The quantitative estimate of drug-likeness (QED) is 0.200. The molecule has 0 aromatic heterocycles. The van der Waals surface area contributed by atoms with E-state index in [0.717, 1.165) is 6.54 Å². The van der Waals surface area contributed by atoms with Gasteiger partial charge in [0.05, 0.1) is 19.1 Å². The Morgan fingerprint density at radius 1 is 0.978 bits per heavy atom. The molecule has 3 amide bonds. The topological polar surface area (TPSA) is 94.1 Å². The summed E-state index contributed by atoms with van der Waals surface area (Å²) in [6.45, 7) is 5.51. The number of benzene rings is 4. The van der Waals surface area contributed by atoms with Crippen LogP contribution in [0, 0.1) is 11.7 Å². The lowest BCUT2D eigenvalue weighted by atomic mass is 10.0. The predicted octanol–water partition coefficient (Wildman–Crippen LogP) is 6.42. The third-order valence-electron chi connectivity index (χ3n) is 8.28. The van der Waals surface area contributed by atoms with Crippen LogP contribution < -0.4 is 15.4 Å². The number of rotatable bonds is 9. The Kier molecular flexibility index (Phi) is 10.7. The molecule has 9 heteroatoms. The van der Waals surface area contributed by atoms with Crippen LogP contribution in [0.4, 0.5) is 20.6 Å². The van der Waals surface area contributed by atoms with E-state index in [9.17, 15) is 19.1 Å². The van der Waals surface area contributed by atoms with Gasteiger partial charge in [-0.2, -0.15) is 0 Å². The normalized spacial score (nSPS) is 17.3. The van der Waals surface area contributed by atoms with Gasteiger partial charge in [0, 0.05) is 42.5 Å². The fourth-order valence-corrected chi connectivity index (χ4v) is 5.67. The molecule has 5 rings (SSSR count). The lowest BCUT2D eigenvalue weighted by Crippen LogP contribution is -2.47. The van der Waals surface area contributed by atoms with Crippen LogP contribution in [0.3, 0.4) is 0 Å². The molecule has 0 saturated carbocycles. The highest BCUT2D eigenvalue weighted by atomic mass is 19.1.